The Hall–Kier alpha value is -1.87. The Labute approximate surface area is 115 Å². The van der Waals surface area contributed by atoms with E-state index in [0.29, 0.717) is 22.6 Å². The molecule has 0 aromatic heterocycles. The van der Waals surface area contributed by atoms with Crippen LogP contribution in [0, 0.1) is 12.7 Å². The maximum Gasteiger partial charge on any atom is 0.153 e. The Morgan fingerprint density at radius 2 is 2.11 bits per heavy atom. The van der Waals surface area contributed by atoms with Crippen molar-refractivity contribution in [1.29, 1.82) is 0 Å². The third kappa shape index (κ3) is 3.12. The zero-order valence-electron chi connectivity index (χ0n) is 10.3. The highest BCUT2D eigenvalue weighted by atomic mass is 35.5. The average Bonchev–Trinajstić information content (AvgIpc) is 2.39. The van der Waals surface area contributed by atoms with Crippen LogP contribution in [0.3, 0.4) is 0 Å². The number of halogens is 2. The number of carbonyl (C=O) groups excluding carboxylic acids is 1. The molecule has 0 fully saturated rings. The molecule has 98 valence electrons. The van der Waals surface area contributed by atoms with Gasteiger partial charge in [-0.05, 0) is 31.2 Å². The Bertz CT molecular complexity index is 591. The molecule has 0 unspecified atom stereocenters. The van der Waals surface area contributed by atoms with Gasteiger partial charge >= 0.3 is 0 Å². The summed E-state index contributed by atoms with van der Waals surface area (Å²) in [5.41, 5.74) is 1.67. The molecule has 2 aromatic rings. The summed E-state index contributed by atoms with van der Waals surface area (Å²) in [7, 11) is 0. The Balaban J connectivity index is 2.21. The van der Waals surface area contributed by atoms with Crippen LogP contribution in [-0.2, 0) is 6.61 Å². The first-order valence-corrected chi connectivity index (χ1v) is 6.11. The number of hydrogen-bond donors (Lipinski definition) is 0. The van der Waals surface area contributed by atoms with Gasteiger partial charge in [0.05, 0.1) is 10.6 Å². The number of rotatable bonds is 4. The van der Waals surface area contributed by atoms with E-state index in [4.69, 9.17) is 16.3 Å². The number of carbonyl (C=O) groups is 1. The summed E-state index contributed by atoms with van der Waals surface area (Å²) >= 11 is 5.91. The van der Waals surface area contributed by atoms with Crippen molar-refractivity contribution in [1.82, 2.24) is 0 Å². The van der Waals surface area contributed by atoms with Gasteiger partial charge in [-0.3, -0.25) is 4.79 Å². The molecule has 0 radical (unpaired) electrons. The molecular formula is C15H12ClFO2. The summed E-state index contributed by atoms with van der Waals surface area (Å²) in [6.07, 6.45) is 0.714. The smallest absolute Gasteiger partial charge is 0.153 e. The van der Waals surface area contributed by atoms with Crippen LogP contribution in [0.5, 0.6) is 5.75 Å². The summed E-state index contributed by atoms with van der Waals surface area (Å²) in [5, 5.41) is 0.305. The minimum Gasteiger partial charge on any atom is -0.488 e. The molecule has 2 nitrogen and oxygen atoms in total. The lowest BCUT2D eigenvalue weighted by Gasteiger charge is -2.10. The van der Waals surface area contributed by atoms with Crippen molar-refractivity contribution in [3.63, 3.8) is 0 Å². The molecule has 0 saturated heterocycles. The van der Waals surface area contributed by atoms with Gasteiger partial charge in [0.25, 0.3) is 0 Å². The molecule has 0 saturated carbocycles. The van der Waals surface area contributed by atoms with Crippen LogP contribution >= 0.6 is 11.6 Å². The van der Waals surface area contributed by atoms with E-state index in [1.54, 1.807) is 18.2 Å². The number of aldehydes is 1. The summed E-state index contributed by atoms with van der Waals surface area (Å²) in [5.74, 6) is -0.00724. The second-order valence-electron chi connectivity index (χ2n) is 4.15. The van der Waals surface area contributed by atoms with Crippen LogP contribution in [0.25, 0.3) is 0 Å². The van der Waals surface area contributed by atoms with E-state index in [0.717, 1.165) is 5.56 Å². The van der Waals surface area contributed by atoms with Crippen LogP contribution in [0.15, 0.2) is 36.4 Å². The molecule has 19 heavy (non-hydrogen) atoms. The monoisotopic (exact) mass is 278 g/mol. The molecule has 0 bridgehead atoms. The van der Waals surface area contributed by atoms with Crippen molar-refractivity contribution in [2.75, 3.05) is 0 Å². The molecule has 2 aromatic carbocycles. The highest BCUT2D eigenvalue weighted by Gasteiger charge is 2.09. The Morgan fingerprint density at radius 1 is 1.32 bits per heavy atom. The lowest BCUT2D eigenvalue weighted by Crippen LogP contribution is -2.01. The standard InChI is InChI=1S/C15H12ClFO2/c1-10-5-6-15(11(7-10)8-18)19-9-12-13(16)3-2-4-14(12)17/h2-8H,9H2,1H3. The minimum absolute atomic E-state index is 0.0184. The van der Waals surface area contributed by atoms with Crippen LogP contribution < -0.4 is 4.74 Å². The van der Waals surface area contributed by atoms with Gasteiger partial charge in [-0.25, -0.2) is 4.39 Å². The Kier molecular flexibility index (Phi) is 4.17. The van der Waals surface area contributed by atoms with Gasteiger partial charge in [0.2, 0.25) is 0 Å². The van der Waals surface area contributed by atoms with Crippen molar-refractivity contribution < 1.29 is 13.9 Å². The van der Waals surface area contributed by atoms with Crippen molar-refractivity contribution in [2.24, 2.45) is 0 Å². The second kappa shape index (κ2) is 5.85. The van der Waals surface area contributed by atoms with Gasteiger partial charge in [0, 0.05) is 5.56 Å². The summed E-state index contributed by atoms with van der Waals surface area (Å²) in [6.45, 7) is 1.86. The van der Waals surface area contributed by atoms with Crippen LogP contribution in [0.1, 0.15) is 21.5 Å². The molecule has 0 atom stereocenters. The Morgan fingerprint density at radius 3 is 2.79 bits per heavy atom. The minimum atomic E-state index is -0.424. The molecule has 4 heteroatoms. The van der Waals surface area contributed by atoms with Crippen molar-refractivity contribution >= 4 is 17.9 Å². The summed E-state index contributed by atoms with van der Waals surface area (Å²) in [6, 6.07) is 9.67. The molecular weight excluding hydrogens is 267 g/mol. The fraction of sp³-hybridized carbons (Fsp3) is 0.133. The molecule has 0 N–H and O–H groups in total. The molecule has 0 aliphatic carbocycles. The molecule has 0 amide bonds. The van der Waals surface area contributed by atoms with E-state index in [1.807, 2.05) is 13.0 Å². The maximum absolute atomic E-state index is 13.6. The van der Waals surface area contributed by atoms with Gasteiger partial charge in [-0.1, -0.05) is 29.3 Å². The predicted molar refractivity (Wildman–Crippen MR) is 72.3 cm³/mol. The van der Waals surface area contributed by atoms with Crippen molar-refractivity contribution in [3.05, 3.63) is 63.9 Å². The van der Waals surface area contributed by atoms with Crippen LogP contribution in [-0.4, -0.2) is 6.29 Å². The number of ether oxygens (including phenoxy) is 1. The van der Waals surface area contributed by atoms with Crippen LogP contribution in [0.4, 0.5) is 4.39 Å². The zero-order chi connectivity index (χ0) is 13.8. The topological polar surface area (TPSA) is 26.3 Å². The van der Waals surface area contributed by atoms with Gasteiger partial charge < -0.3 is 4.74 Å². The third-order valence-corrected chi connectivity index (χ3v) is 3.08. The lowest BCUT2D eigenvalue weighted by atomic mass is 10.1. The van der Waals surface area contributed by atoms with Gasteiger partial charge in [-0.15, -0.1) is 0 Å². The van der Waals surface area contributed by atoms with Gasteiger partial charge in [0.15, 0.2) is 6.29 Å². The predicted octanol–water partition coefficient (Wildman–Crippen LogP) is 4.18. The van der Waals surface area contributed by atoms with Gasteiger partial charge in [0.1, 0.15) is 18.2 Å². The first-order chi connectivity index (χ1) is 9.11. The average molecular weight is 279 g/mol. The van der Waals surface area contributed by atoms with E-state index in [1.165, 1.54) is 12.1 Å². The summed E-state index contributed by atoms with van der Waals surface area (Å²) < 4.78 is 19.0. The molecule has 0 spiro atoms. The number of benzene rings is 2. The van der Waals surface area contributed by atoms with E-state index >= 15 is 0 Å². The SMILES string of the molecule is Cc1ccc(OCc2c(F)cccc2Cl)c(C=O)c1. The van der Waals surface area contributed by atoms with E-state index in [-0.39, 0.29) is 12.2 Å². The van der Waals surface area contributed by atoms with Crippen molar-refractivity contribution in [2.45, 2.75) is 13.5 Å². The van der Waals surface area contributed by atoms with Gasteiger partial charge in [-0.2, -0.15) is 0 Å². The summed E-state index contributed by atoms with van der Waals surface area (Å²) in [4.78, 5) is 10.9. The number of aryl methyl sites for hydroxylation is 1. The molecule has 0 heterocycles. The normalized spacial score (nSPS) is 10.3. The maximum atomic E-state index is 13.6. The van der Waals surface area contributed by atoms with E-state index < -0.39 is 5.82 Å². The molecule has 2 rings (SSSR count). The molecule has 0 aliphatic heterocycles. The second-order valence-corrected chi connectivity index (χ2v) is 4.56. The quantitative estimate of drug-likeness (QED) is 0.784. The third-order valence-electron chi connectivity index (χ3n) is 2.73. The first-order valence-electron chi connectivity index (χ1n) is 5.73. The zero-order valence-corrected chi connectivity index (χ0v) is 11.1. The highest BCUT2D eigenvalue weighted by molar-refractivity contribution is 6.31. The fourth-order valence-corrected chi connectivity index (χ4v) is 1.93. The number of hydrogen-bond acceptors (Lipinski definition) is 2. The highest BCUT2D eigenvalue weighted by Crippen LogP contribution is 2.23. The molecule has 0 aliphatic rings. The first kappa shape index (κ1) is 13.6. The lowest BCUT2D eigenvalue weighted by molar-refractivity contribution is 0.111. The fourth-order valence-electron chi connectivity index (χ4n) is 1.71. The largest absolute Gasteiger partial charge is 0.488 e. The van der Waals surface area contributed by atoms with E-state index in [9.17, 15) is 9.18 Å². The van der Waals surface area contributed by atoms with Crippen LogP contribution in [0.2, 0.25) is 5.02 Å². The van der Waals surface area contributed by atoms with Crippen molar-refractivity contribution in [3.8, 4) is 5.75 Å². The van der Waals surface area contributed by atoms with E-state index in [2.05, 4.69) is 0 Å².